The van der Waals surface area contributed by atoms with Gasteiger partial charge in [0, 0.05) is 26.2 Å². The van der Waals surface area contributed by atoms with Gasteiger partial charge in [-0.2, -0.15) is 4.31 Å². The van der Waals surface area contributed by atoms with Gasteiger partial charge in [0.25, 0.3) is 5.91 Å². The zero-order chi connectivity index (χ0) is 23.3. The third kappa shape index (κ3) is 5.46. The van der Waals surface area contributed by atoms with E-state index in [1.165, 1.54) is 16.1 Å². The molecule has 1 aliphatic heterocycles. The normalized spacial score (nSPS) is 15.8. The number of amides is 1. The van der Waals surface area contributed by atoms with Gasteiger partial charge in [0.1, 0.15) is 5.75 Å². The summed E-state index contributed by atoms with van der Waals surface area (Å²) in [7, 11) is -3.60. The van der Waals surface area contributed by atoms with Crippen molar-refractivity contribution in [2.24, 2.45) is 0 Å². The molecular formula is C23H28N2O6S. The Kier molecular flexibility index (Phi) is 7.52. The second-order valence-corrected chi connectivity index (χ2v) is 9.62. The van der Waals surface area contributed by atoms with E-state index in [-0.39, 0.29) is 43.6 Å². The van der Waals surface area contributed by atoms with Gasteiger partial charge in [0.15, 0.2) is 12.7 Å². The van der Waals surface area contributed by atoms with Crippen molar-refractivity contribution in [2.75, 3.05) is 32.8 Å². The smallest absolute Gasteiger partial charge is 0.344 e. The van der Waals surface area contributed by atoms with Crippen LogP contribution in [0.2, 0.25) is 0 Å². The van der Waals surface area contributed by atoms with E-state index in [1.54, 1.807) is 30.3 Å². The number of aryl methyl sites for hydroxylation is 2. The maximum atomic E-state index is 12.7. The Bertz CT molecular complexity index is 1040. The van der Waals surface area contributed by atoms with Crippen LogP contribution in [0, 0.1) is 13.8 Å². The van der Waals surface area contributed by atoms with Crippen LogP contribution in [0.15, 0.2) is 53.4 Å². The third-order valence-corrected chi connectivity index (χ3v) is 7.24. The molecule has 172 valence electrons. The minimum atomic E-state index is -3.60. The Morgan fingerprint density at radius 2 is 1.53 bits per heavy atom. The number of ether oxygens (including phenoxy) is 2. The SMILES string of the molecule is Cc1cccc(C)c1OCC(=O)O[C@H](C)C(=O)N1CCN(S(=O)(=O)c2ccccc2)CC1. The second-order valence-electron chi connectivity index (χ2n) is 7.68. The van der Waals surface area contributed by atoms with Gasteiger partial charge < -0.3 is 14.4 Å². The lowest BCUT2D eigenvalue weighted by Crippen LogP contribution is -2.53. The topological polar surface area (TPSA) is 93.2 Å². The minimum Gasteiger partial charge on any atom is -0.481 e. The predicted octanol–water partition coefficient (Wildman–Crippen LogP) is 2.15. The maximum absolute atomic E-state index is 12.7. The van der Waals surface area contributed by atoms with Crippen molar-refractivity contribution in [1.29, 1.82) is 0 Å². The summed E-state index contributed by atoms with van der Waals surface area (Å²) in [6.45, 7) is 5.80. The Balaban J connectivity index is 1.50. The minimum absolute atomic E-state index is 0.180. The quantitative estimate of drug-likeness (QED) is 0.588. The fraction of sp³-hybridized carbons (Fsp3) is 0.391. The highest BCUT2D eigenvalue weighted by atomic mass is 32.2. The molecule has 32 heavy (non-hydrogen) atoms. The molecule has 1 fully saturated rings. The van der Waals surface area contributed by atoms with Crippen molar-refractivity contribution in [3.05, 3.63) is 59.7 Å². The summed E-state index contributed by atoms with van der Waals surface area (Å²) in [6, 6.07) is 13.9. The molecule has 1 saturated heterocycles. The van der Waals surface area contributed by atoms with Crippen LogP contribution in [0.5, 0.6) is 5.75 Å². The number of nitrogens with zero attached hydrogens (tertiary/aromatic N) is 2. The van der Waals surface area contributed by atoms with E-state index < -0.39 is 22.1 Å². The molecule has 0 spiro atoms. The Hall–Kier alpha value is -2.91. The number of sulfonamides is 1. The van der Waals surface area contributed by atoms with Crippen LogP contribution in [-0.2, 0) is 24.3 Å². The summed E-state index contributed by atoms with van der Waals surface area (Å²) in [4.78, 5) is 26.6. The fourth-order valence-corrected chi connectivity index (χ4v) is 5.03. The van der Waals surface area contributed by atoms with Crippen molar-refractivity contribution in [2.45, 2.75) is 31.8 Å². The van der Waals surface area contributed by atoms with Crippen molar-refractivity contribution < 1.29 is 27.5 Å². The fourth-order valence-electron chi connectivity index (χ4n) is 3.59. The number of rotatable bonds is 7. The van der Waals surface area contributed by atoms with Crippen molar-refractivity contribution in [1.82, 2.24) is 9.21 Å². The highest BCUT2D eigenvalue weighted by molar-refractivity contribution is 7.89. The molecule has 1 atom stereocenters. The molecule has 0 saturated carbocycles. The van der Waals surface area contributed by atoms with Gasteiger partial charge in [-0.1, -0.05) is 36.4 Å². The summed E-state index contributed by atoms with van der Waals surface area (Å²) in [5, 5.41) is 0. The summed E-state index contributed by atoms with van der Waals surface area (Å²) < 4.78 is 37.6. The maximum Gasteiger partial charge on any atom is 0.344 e. The lowest BCUT2D eigenvalue weighted by molar-refractivity contribution is -0.161. The van der Waals surface area contributed by atoms with Crippen LogP contribution < -0.4 is 4.74 Å². The van der Waals surface area contributed by atoms with Gasteiger partial charge in [0.2, 0.25) is 10.0 Å². The molecule has 2 aromatic carbocycles. The standard InChI is InChI=1S/C23H28N2O6S/c1-17-8-7-9-18(2)22(17)30-16-21(26)31-19(3)23(27)24-12-14-25(15-13-24)32(28,29)20-10-5-4-6-11-20/h4-11,19H,12-16H2,1-3H3/t19-/m1/s1. The number of para-hydroxylation sites is 1. The summed E-state index contributed by atoms with van der Waals surface area (Å²) in [5.74, 6) is -0.375. The molecule has 0 aromatic heterocycles. The first kappa shape index (κ1) is 23.7. The average molecular weight is 461 g/mol. The molecule has 9 heteroatoms. The molecule has 1 heterocycles. The Labute approximate surface area is 188 Å². The number of carbonyl (C=O) groups excluding carboxylic acids is 2. The van der Waals surface area contributed by atoms with E-state index in [9.17, 15) is 18.0 Å². The first-order valence-corrected chi connectivity index (χ1v) is 11.9. The molecule has 0 radical (unpaired) electrons. The molecule has 8 nitrogen and oxygen atoms in total. The summed E-state index contributed by atoms with van der Waals surface area (Å²) in [6.07, 6.45) is -0.985. The van der Waals surface area contributed by atoms with Gasteiger partial charge in [0.05, 0.1) is 4.90 Å². The number of piperazine rings is 1. The molecule has 0 N–H and O–H groups in total. The second kappa shape index (κ2) is 10.1. The zero-order valence-electron chi connectivity index (χ0n) is 18.5. The first-order chi connectivity index (χ1) is 15.2. The molecule has 1 amide bonds. The summed E-state index contributed by atoms with van der Waals surface area (Å²) in [5.41, 5.74) is 1.82. The van der Waals surface area contributed by atoms with Gasteiger partial charge in [-0.3, -0.25) is 4.79 Å². The van der Waals surface area contributed by atoms with E-state index in [2.05, 4.69) is 0 Å². The van der Waals surface area contributed by atoms with Crippen LogP contribution in [0.3, 0.4) is 0 Å². The predicted molar refractivity (Wildman–Crippen MR) is 119 cm³/mol. The van der Waals surface area contributed by atoms with E-state index in [0.717, 1.165) is 11.1 Å². The van der Waals surface area contributed by atoms with Crippen molar-refractivity contribution >= 4 is 21.9 Å². The number of hydrogen-bond donors (Lipinski definition) is 0. The van der Waals surface area contributed by atoms with E-state index >= 15 is 0 Å². The van der Waals surface area contributed by atoms with E-state index in [0.29, 0.717) is 5.75 Å². The van der Waals surface area contributed by atoms with Crippen LogP contribution >= 0.6 is 0 Å². The van der Waals surface area contributed by atoms with Crippen molar-refractivity contribution in [3.8, 4) is 5.75 Å². The first-order valence-electron chi connectivity index (χ1n) is 10.4. The Morgan fingerprint density at radius 1 is 0.938 bits per heavy atom. The van der Waals surface area contributed by atoms with Gasteiger partial charge in [-0.15, -0.1) is 0 Å². The molecule has 0 unspecified atom stereocenters. The highest BCUT2D eigenvalue weighted by Crippen LogP contribution is 2.22. The molecule has 2 aromatic rings. The van der Waals surface area contributed by atoms with E-state index in [4.69, 9.17) is 9.47 Å². The molecule has 0 aliphatic carbocycles. The monoisotopic (exact) mass is 460 g/mol. The van der Waals surface area contributed by atoms with Crippen LogP contribution in [0.1, 0.15) is 18.1 Å². The molecule has 1 aliphatic rings. The third-order valence-electron chi connectivity index (χ3n) is 5.33. The Morgan fingerprint density at radius 3 is 2.12 bits per heavy atom. The summed E-state index contributed by atoms with van der Waals surface area (Å²) >= 11 is 0. The van der Waals surface area contributed by atoms with Crippen LogP contribution in [-0.4, -0.2) is 68.4 Å². The highest BCUT2D eigenvalue weighted by Gasteiger charge is 2.32. The van der Waals surface area contributed by atoms with Gasteiger partial charge in [-0.05, 0) is 44.0 Å². The molecule has 3 rings (SSSR count). The molecule has 0 bridgehead atoms. The van der Waals surface area contributed by atoms with Crippen LogP contribution in [0.4, 0.5) is 0 Å². The molecular weight excluding hydrogens is 432 g/mol. The lowest BCUT2D eigenvalue weighted by atomic mass is 10.1. The van der Waals surface area contributed by atoms with Crippen molar-refractivity contribution in [3.63, 3.8) is 0 Å². The number of hydrogen-bond acceptors (Lipinski definition) is 6. The van der Waals surface area contributed by atoms with Gasteiger partial charge in [-0.25, -0.2) is 13.2 Å². The lowest BCUT2D eigenvalue weighted by Gasteiger charge is -2.35. The number of carbonyl (C=O) groups is 2. The van der Waals surface area contributed by atoms with Crippen LogP contribution in [0.25, 0.3) is 0 Å². The van der Waals surface area contributed by atoms with Gasteiger partial charge >= 0.3 is 5.97 Å². The zero-order valence-corrected chi connectivity index (χ0v) is 19.3. The average Bonchev–Trinajstić information content (AvgIpc) is 2.79. The largest absolute Gasteiger partial charge is 0.481 e. The number of benzene rings is 2. The van der Waals surface area contributed by atoms with E-state index in [1.807, 2.05) is 32.0 Å². The number of esters is 1.